The number of ether oxygens (including phenoxy) is 1. The van der Waals surface area contributed by atoms with E-state index >= 15 is 0 Å². The van der Waals surface area contributed by atoms with Crippen molar-refractivity contribution >= 4 is 23.4 Å². The summed E-state index contributed by atoms with van der Waals surface area (Å²) in [6.45, 7) is 1.68. The summed E-state index contributed by atoms with van der Waals surface area (Å²) in [5.41, 5.74) is 1.34. The number of aryl methyl sites for hydroxylation is 1. The van der Waals surface area contributed by atoms with Crippen LogP contribution in [-0.4, -0.2) is 38.6 Å². The second-order valence-electron chi connectivity index (χ2n) is 7.34. The average Bonchev–Trinajstić information content (AvgIpc) is 2.95. The molecule has 1 saturated heterocycles. The lowest BCUT2D eigenvalue weighted by Crippen LogP contribution is -2.33. The van der Waals surface area contributed by atoms with Crippen LogP contribution in [0.15, 0.2) is 41.2 Å². The highest BCUT2D eigenvalue weighted by molar-refractivity contribution is 6.05. The van der Waals surface area contributed by atoms with E-state index in [1.807, 2.05) is 25.1 Å². The molecule has 1 aliphatic heterocycles. The summed E-state index contributed by atoms with van der Waals surface area (Å²) in [4.78, 5) is 54.7. The van der Waals surface area contributed by atoms with Gasteiger partial charge in [0.25, 0.3) is 5.56 Å². The molecule has 8 nitrogen and oxygen atoms in total. The van der Waals surface area contributed by atoms with Crippen LogP contribution < -0.4 is 5.56 Å². The van der Waals surface area contributed by atoms with Crippen molar-refractivity contribution < 1.29 is 19.1 Å². The van der Waals surface area contributed by atoms with Gasteiger partial charge in [0.15, 0.2) is 0 Å². The molecule has 2 amide bonds. The van der Waals surface area contributed by atoms with Gasteiger partial charge < -0.3 is 4.74 Å². The van der Waals surface area contributed by atoms with E-state index < -0.39 is 5.97 Å². The summed E-state index contributed by atoms with van der Waals surface area (Å²) in [6, 6.07) is 6.64. The maximum absolute atomic E-state index is 12.4. The molecule has 0 radical (unpaired) electrons. The largest absolute Gasteiger partial charge is 0.459 e. The zero-order valence-corrected chi connectivity index (χ0v) is 16.0. The predicted molar refractivity (Wildman–Crippen MR) is 103 cm³/mol. The molecule has 3 heterocycles. The monoisotopic (exact) mass is 395 g/mol. The fourth-order valence-corrected chi connectivity index (χ4v) is 3.96. The van der Waals surface area contributed by atoms with E-state index in [9.17, 15) is 19.2 Å². The van der Waals surface area contributed by atoms with E-state index in [-0.39, 0.29) is 48.8 Å². The highest BCUT2D eigenvalue weighted by atomic mass is 16.5. The number of imide groups is 1. The number of likely N-dealkylation sites (tertiary alicyclic amines) is 1. The van der Waals surface area contributed by atoms with Gasteiger partial charge in [-0.05, 0) is 31.9 Å². The molecule has 2 aromatic rings. The molecular weight excluding hydrogens is 374 g/mol. The van der Waals surface area contributed by atoms with Gasteiger partial charge in [0.2, 0.25) is 11.8 Å². The molecule has 2 unspecified atom stereocenters. The first-order valence-electron chi connectivity index (χ1n) is 9.60. The van der Waals surface area contributed by atoms with Crippen LogP contribution >= 0.6 is 0 Å². The first-order chi connectivity index (χ1) is 14.0. The molecule has 29 heavy (non-hydrogen) atoms. The molecule has 2 atom stereocenters. The Morgan fingerprint density at radius 3 is 2.52 bits per heavy atom. The van der Waals surface area contributed by atoms with Crippen LogP contribution in [0.2, 0.25) is 0 Å². The van der Waals surface area contributed by atoms with E-state index in [4.69, 9.17) is 4.74 Å². The molecule has 0 bridgehead atoms. The number of hydrogen-bond donors (Lipinski definition) is 0. The van der Waals surface area contributed by atoms with Crippen molar-refractivity contribution in [3.05, 3.63) is 58.2 Å². The Kier molecular flexibility index (Phi) is 5.00. The normalized spacial score (nSPS) is 20.9. The Labute approximate surface area is 166 Å². The van der Waals surface area contributed by atoms with Crippen molar-refractivity contribution in [3.63, 3.8) is 0 Å². The number of carbonyl (C=O) groups excluding carboxylic acids is 3. The third-order valence-electron chi connectivity index (χ3n) is 5.45. The van der Waals surface area contributed by atoms with Gasteiger partial charge in [0.05, 0.1) is 24.0 Å². The molecular formula is C21H21N3O5. The number of nitrogens with zero attached hydrogens (tertiary/aromatic N) is 3. The Morgan fingerprint density at radius 2 is 1.83 bits per heavy atom. The van der Waals surface area contributed by atoms with E-state index in [1.54, 1.807) is 12.1 Å². The number of aromatic nitrogens is 2. The van der Waals surface area contributed by atoms with E-state index in [0.29, 0.717) is 24.2 Å². The number of hydrogen-bond acceptors (Lipinski definition) is 6. The number of fused-ring (bicyclic) bond motifs is 2. The minimum atomic E-state index is -0.551. The molecule has 150 valence electrons. The second kappa shape index (κ2) is 7.62. The van der Waals surface area contributed by atoms with Crippen molar-refractivity contribution in [1.82, 2.24) is 14.3 Å². The fourth-order valence-electron chi connectivity index (χ4n) is 3.96. The molecule has 4 rings (SSSR count). The summed E-state index contributed by atoms with van der Waals surface area (Å²) in [6.07, 6.45) is 4.89. The Morgan fingerprint density at radius 1 is 1.14 bits per heavy atom. The van der Waals surface area contributed by atoms with Gasteiger partial charge in [0, 0.05) is 18.3 Å². The van der Waals surface area contributed by atoms with Gasteiger partial charge >= 0.3 is 5.97 Å². The summed E-state index contributed by atoms with van der Waals surface area (Å²) < 4.78 is 6.68. The van der Waals surface area contributed by atoms with Crippen molar-refractivity contribution in [2.45, 2.75) is 32.8 Å². The molecule has 0 aromatic carbocycles. The summed E-state index contributed by atoms with van der Waals surface area (Å²) in [5, 5.41) is 0. The second-order valence-corrected chi connectivity index (χ2v) is 7.34. The highest BCUT2D eigenvalue weighted by Gasteiger charge is 2.46. The van der Waals surface area contributed by atoms with Crippen molar-refractivity contribution in [2.75, 3.05) is 6.54 Å². The lowest BCUT2D eigenvalue weighted by molar-refractivity contribution is -0.146. The molecule has 0 saturated carbocycles. The Balaban J connectivity index is 1.35. The smallest absolute Gasteiger partial charge is 0.307 e. The minimum Gasteiger partial charge on any atom is -0.459 e. The molecule has 8 heteroatoms. The first kappa shape index (κ1) is 19.0. The summed E-state index contributed by atoms with van der Waals surface area (Å²) >= 11 is 0. The van der Waals surface area contributed by atoms with Gasteiger partial charge in [-0.2, -0.15) is 0 Å². The van der Waals surface area contributed by atoms with Gasteiger partial charge in [0.1, 0.15) is 12.3 Å². The number of allylic oxidation sites excluding steroid dienone is 2. The number of rotatable bonds is 5. The average molecular weight is 395 g/mol. The topological polar surface area (TPSA) is 98.0 Å². The molecule has 0 N–H and O–H groups in total. The maximum Gasteiger partial charge on any atom is 0.307 e. The van der Waals surface area contributed by atoms with Crippen LogP contribution in [0.5, 0.6) is 0 Å². The Bertz CT molecular complexity index is 1060. The third kappa shape index (κ3) is 3.57. The van der Waals surface area contributed by atoms with Crippen LogP contribution in [0.25, 0.3) is 5.65 Å². The van der Waals surface area contributed by atoms with Crippen LogP contribution in [-0.2, 0) is 25.7 Å². The number of esters is 1. The zero-order chi connectivity index (χ0) is 20.5. The molecule has 2 aromatic heterocycles. The number of pyridine rings is 1. The summed E-state index contributed by atoms with van der Waals surface area (Å²) in [7, 11) is 0. The SMILES string of the molecule is Cc1cccc2nc(COC(=O)CCN3C(=O)C4CC=CCC4C3=O)cc(=O)n12. The van der Waals surface area contributed by atoms with Gasteiger partial charge in [-0.1, -0.05) is 18.2 Å². The van der Waals surface area contributed by atoms with E-state index in [0.717, 1.165) is 5.69 Å². The molecule has 1 aliphatic carbocycles. The summed E-state index contributed by atoms with van der Waals surface area (Å²) in [5.74, 6) is -1.58. The van der Waals surface area contributed by atoms with Crippen molar-refractivity contribution in [3.8, 4) is 0 Å². The predicted octanol–water partition coefficient (Wildman–Crippen LogP) is 1.39. The van der Waals surface area contributed by atoms with Gasteiger partial charge in [-0.15, -0.1) is 0 Å². The lowest BCUT2D eigenvalue weighted by atomic mass is 9.85. The van der Waals surface area contributed by atoms with Gasteiger partial charge in [-0.25, -0.2) is 4.98 Å². The molecule has 1 fully saturated rings. The molecule has 2 aliphatic rings. The van der Waals surface area contributed by atoms with Crippen molar-refractivity contribution in [2.24, 2.45) is 11.8 Å². The molecule has 0 spiro atoms. The zero-order valence-electron chi connectivity index (χ0n) is 16.0. The fraction of sp³-hybridized carbons (Fsp3) is 0.381. The third-order valence-corrected chi connectivity index (χ3v) is 5.45. The highest BCUT2D eigenvalue weighted by Crippen LogP contribution is 2.35. The standard InChI is InChI=1S/C21H21N3O5/c1-13-5-4-8-17-22-14(11-18(25)24(13)17)12-29-19(26)9-10-23-20(27)15-6-2-3-7-16(15)21(23)28/h2-5,8,11,15-16H,6-7,9-10,12H2,1H3. The van der Waals surface area contributed by atoms with Crippen molar-refractivity contribution in [1.29, 1.82) is 0 Å². The van der Waals surface area contributed by atoms with Gasteiger partial charge in [-0.3, -0.25) is 28.5 Å². The van der Waals surface area contributed by atoms with Crippen LogP contribution in [0, 0.1) is 18.8 Å². The minimum absolute atomic E-state index is 0.0104. The lowest BCUT2D eigenvalue weighted by Gasteiger charge is -2.14. The number of amides is 2. The maximum atomic E-state index is 12.4. The van der Waals surface area contributed by atoms with Crippen LogP contribution in [0.1, 0.15) is 30.7 Å². The number of carbonyl (C=O) groups is 3. The Hall–Kier alpha value is -3.29. The first-order valence-corrected chi connectivity index (χ1v) is 9.60. The van der Waals surface area contributed by atoms with Crippen LogP contribution in [0.3, 0.4) is 0 Å². The van der Waals surface area contributed by atoms with E-state index in [2.05, 4.69) is 4.98 Å². The quantitative estimate of drug-likeness (QED) is 0.431. The van der Waals surface area contributed by atoms with Crippen LogP contribution in [0.4, 0.5) is 0 Å². The van der Waals surface area contributed by atoms with E-state index in [1.165, 1.54) is 15.4 Å².